The summed E-state index contributed by atoms with van der Waals surface area (Å²) in [5.74, 6) is -0.0937. The fourth-order valence-corrected chi connectivity index (χ4v) is 3.78. The molecule has 2 saturated heterocycles. The Labute approximate surface area is 127 Å². The van der Waals surface area contributed by atoms with E-state index in [-0.39, 0.29) is 11.9 Å². The maximum Gasteiger partial charge on any atom is 0.326 e. The van der Waals surface area contributed by atoms with Gasteiger partial charge in [-0.2, -0.15) is 0 Å². The number of hydrogen-bond acceptors (Lipinski definition) is 2. The number of rotatable bonds is 3. The van der Waals surface area contributed by atoms with Crippen LogP contribution in [0.2, 0.25) is 0 Å². The van der Waals surface area contributed by atoms with Gasteiger partial charge in [0.25, 0.3) is 0 Å². The minimum atomic E-state index is -0.864. The molecule has 2 amide bonds. The van der Waals surface area contributed by atoms with Gasteiger partial charge in [0.05, 0.1) is 0 Å². The highest BCUT2D eigenvalue weighted by Gasteiger charge is 2.39. The Balaban J connectivity index is 1.97. The molecule has 2 aliphatic rings. The predicted octanol–water partition coefficient (Wildman–Crippen LogP) is 2.80. The van der Waals surface area contributed by atoms with E-state index in [0.29, 0.717) is 6.54 Å². The Hall–Kier alpha value is -1.26. The number of piperidine rings is 2. The van der Waals surface area contributed by atoms with Crippen molar-refractivity contribution in [1.82, 2.24) is 9.80 Å². The van der Waals surface area contributed by atoms with Gasteiger partial charge in [-0.1, -0.05) is 26.7 Å². The zero-order chi connectivity index (χ0) is 15.4. The Morgan fingerprint density at radius 1 is 1.14 bits per heavy atom. The number of carbonyl (C=O) groups excluding carboxylic acids is 1. The lowest BCUT2D eigenvalue weighted by Gasteiger charge is -2.41. The number of nitrogens with zero attached hydrogens (tertiary/aromatic N) is 2. The van der Waals surface area contributed by atoms with Gasteiger partial charge in [-0.15, -0.1) is 0 Å². The molecule has 0 aromatic rings. The minimum absolute atomic E-state index is 0.0397. The van der Waals surface area contributed by atoms with Crippen LogP contribution in [0.4, 0.5) is 4.79 Å². The van der Waals surface area contributed by atoms with Crippen LogP contribution in [0.5, 0.6) is 0 Å². The van der Waals surface area contributed by atoms with Crippen molar-refractivity contribution in [3.8, 4) is 0 Å². The van der Waals surface area contributed by atoms with E-state index < -0.39 is 12.0 Å². The summed E-state index contributed by atoms with van der Waals surface area (Å²) in [7, 11) is 0. The molecule has 21 heavy (non-hydrogen) atoms. The van der Waals surface area contributed by atoms with Gasteiger partial charge in [-0.3, -0.25) is 0 Å². The van der Waals surface area contributed by atoms with Crippen LogP contribution >= 0.6 is 0 Å². The van der Waals surface area contributed by atoms with Crippen LogP contribution in [0.25, 0.3) is 0 Å². The quantitative estimate of drug-likeness (QED) is 0.871. The minimum Gasteiger partial charge on any atom is -0.480 e. The molecular formula is C16H28N2O3. The summed E-state index contributed by atoms with van der Waals surface area (Å²) in [4.78, 5) is 27.6. The summed E-state index contributed by atoms with van der Waals surface area (Å²) in [5.41, 5.74) is 0. The summed E-state index contributed by atoms with van der Waals surface area (Å²) in [5, 5.41) is 9.43. The predicted molar refractivity (Wildman–Crippen MR) is 81.1 cm³/mol. The van der Waals surface area contributed by atoms with E-state index in [9.17, 15) is 14.7 Å². The molecule has 2 unspecified atom stereocenters. The molecule has 0 radical (unpaired) electrons. The smallest absolute Gasteiger partial charge is 0.326 e. The SMILES string of the molecule is CCCC1CCN(C(=O)N2CCCC(C)C2C(=O)O)CC1. The molecule has 2 heterocycles. The van der Waals surface area contributed by atoms with Crippen molar-refractivity contribution >= 4 is 12.0 Å². The van der Waals surface area contributed by atoms with Crippen molar-refractivity contribution in [3.05, 3.63) is 0 Å². The summed E-state index contributed by atoms with van der Waals surface area (Å²) >= 11 is 0. The number of carboxylic acids is 1. The largest absolute Gasteiger partial charge is 0.480 e. The molecule has 120 valence electrons. The maximum atomic E-state index is 12.7. The van der Waals surface area contributed by atoms with E-state index in [2.05, 4.69) is 6.92 Å². The second-order valence-corrected chi connectivity index (χ2v) is 6.60. The van der Waals surface area contributed by atoms with Gasteiger partial charge in [0.15, 0.2) is 0 Å². The Bertz CT molecular complexity index is 378. The van der Waals surface area contributed by atoms with Gasteiger partial charge in [0.1, 0.15) is 6.04 Å². The van der Waals surface area contributed by atoms with E-state index in [1.165, 1.54) is 12.8 Å². The van der Waals surface area contributed by atoms with Gasteiger partial charge in [0.2, 0.25) is 0 Å². The van der Waals surface area contributed by atoms with Gasteiger partial charge in [0, 0.05) is 19.6 Å². The second-order valence-electron chi connectivity index (χ2n) is 6.60. The first-order valence-corrected chi connectivity index (χ1v) is 8.33. The third-order valence-corrected chi connectivity index (χ3v) is 5.01. The third kappa shape index (κ3) is 3.69. The number of hydrogen-bond donors (Lipinski definition) is 1. The lowest BCUT2D eigenvalue weighted by atomic mass is 9.90. The summed E-state index contributed by atoms with van der Waals surface area (Å²) in [6.45, 7) is 6.27. The number of amides is 2. The van der Waals surface area contributed by atoms with E-state index in [1.807, 2.05) is 11.8 Å². The standard InChI is InChI=1S/C16H28N2O3/c1-3-5-13-7-10-17(11-8-13)16(21)18-9-4-6-12(2)14(18)15(19)20/h12-14H,3-11H2,1-2H3,(H,19,20). The van der Waals surface area contributed by atoms with E-state index in [4.69, 9.17) is 0 Å². The maximum absolute atomic E-state index is 12.7. The molecule has 5 heteroatoms. The van der Waals surface area contributed by atoms with Crippen LogP contribution < -0.4 is 0 Å². The zero-order valence-electron chi connectivity index (χ0n) is 13.3. The van der Waals surface area contributed by atoms with E-state index in [0.717, 1.165) is 44.7 Å². The second kappa shape index (κ2) is 7.14. The number of carbonyl (C=O) groups is 2. The van der Waals surface area contributed by atoms with Crippen molar-refractivity contribution < 1.29 is 14.7 Å². The fraction of sp³-hybridized carbons (Fsp3) is 0.875. The molecule has 5 nitrogen and oxygen atoms in total. The topological polar surface area (TPSA) is 60.9 Å². The molecule has 2 aliphatic heterocycles. The van der Waals surface area contributed by atoms with Crippen molar-refractivity contribution in [2.75, 3.05) is 19.6 Å². The monoisotopic (exact) mass is 296 g/mol. The highest BCUT2D eigenvalue weighted by atomic mass is 16.4. The lowest BCUT2D eigenvalue weighted by molar-refractivity contribution is -0.145. The van der Waals surface area contributed by atoms with Crippen molar-refractivity contribution in [1.29, 1.82) is 0 Å². The number of aliphatic carboxylic acids is 1. The van der Waals surface area contributed by atoms with Crippen LogP contribution in [0.3, 0.4) is 0 Å². The molecule has 2 rings (SSSR count). The average molecular weight is 296 g/mol. The Morgan fingerprint density at radius 3 is 2.38 bits per heavy atom. The molecule has 0 bridgehead atoms. The van der Waals surface area contributed by atoms with Crippen LogP contribution in [0.15, 0.2) is 0 Å². The van der Waals surface area contributed by atoms with Crippen molar-refractivity contribution in [2.45, 2.75) is 58.4 Å². The van der Waals surface area contributed by atoms with Gasteiger partial charge < -0.3 is 14.9 Å². The lowest BCUT2D eigenvalue weighted by Crippen LogP contribution is -2.57. The van der Waals surface area contributed by atoms with Crippen LogP contribution in [-0.2, 0) is 4.79 Å². The highest BCUT2D eigenvalue weighted by Crippen LogP contribution is 2.27. The number of carboxylic acid groups (broad SMARTS) is 1. The van der Waals surface area contributed by atoms with Gasteiger partial charge >= 0.3 is 12.0 Å². The molecule has 0 aromatic carbocycles. The normalized spacial score (nSPS) is 27.7. The van der Waals surface area contributed by atoms with Gasteiger partial charge in [-0.05, 0) is 37.5 Å². The Morgan fingerprint density at radius 2 is 1.81 bits per heavy atom. The first-order valence-electron chi connectivity index (χ1n) is 8.33. The summed E-state index contributed by atoms with van der Waals surface area (Å²) in [6, 6.07) is -0.719. The van der Waals surface area contributed by atoms with Gasteiger partial charge in [-0.25, -0.2) is 9.59 Å². The van der Waals surface area contributed by atoms with E-state index in [1.54, 1.807) is 4.90 Å². The average Bonchev–Trinajstić information content (AvgIpc) is 2.47. The molecule has 0 aromatic heterocycles. The summed E-state index contributed by atoms with van der Waals surface area (Å²) < 4.78 is 0. The molecule has 2 fully saturated rings. The third-order valence-electron chi connectivity index (χ3n) is 5.01. The zero-order valence-corrected chi connectivity index (χ0v) is 13.3. The Kier molecular flexibility index (Phi) is 5.48. The molecule has 0 saturated carbocycles. The molecule has 2 atom stereocenters. The molecule has 0 aliphatic carbocycles. The fourth-order valence-electron chi connectivity index (χ4n) is 3.78. The van der Waals surface area contributed by atoms with Crippen LogP contribution in [-0.4, -0.2) is 52.6 Å². The molecular weight excluding hydrogens is 268 g/mol. The number of likely N-dealkylation sites (tertiary alicyclic amines) is 2. The van der Waals surface area contributed by atoms with Crippen LogP contribution in [0.1, 0.15) is 52.4 Å². The van der Waals surface area contributed by atoms with E-state index >= 15 is 0 Å². The molecule has 1 N–H and O–H groups in total. The first-order chi connectivity index (χ1) is 10.0. The van der Waals surface area contributed by atoms with Crippen molar-refractivity contribution in [2.24, 2.45) is 11.8 Å². The highest BCUT2D eigenvalue weighted by molar-refractivity contribution is 5.83. The number of urea groups is 1. The molecule has 0 spiro atoms. The summed E-state index contributed by atoms with van der Waals surface area (Å²) in [6.07, 6.45) is 6.34. The first kappa shape index (κ1) is 16.1. The van der Waals surface area contributed by atoms with Crippen LogP contribution in [0, 0.1) is 11.8 Å². The van der Waals surface area contributed by atoms with Crippen molar-refractivity contribution in [3.63, 3.8) is 0 Å².